The lowest BCUT2D eigenvalue weighted by Crippen LogP contribution is -2.51. The van der Waals surface area contributed by atoms with E-state index in [0.717, 1.165) is 119 Å². The average Bonchev–Trinajstić information content (AvgIpc) is 1.70. The van der Waals surface area contributed by atoms with Crippen LogP contribution in [0.3, 0.4) is 0 Å². The van der Waals surface area contributed by atoms with Gasteiger partial charge in [0.2, 0.25) is 29.7 Å². The van der Waals surface area contributed by atoms with E-state index >= 15 is 0 Å². The van der Waals surface area contributed by atoms with Gasteiger partial charge in [-0.05, 0) is 186 Å². The van der Waals surface area contributed by atoms with Crippen molar-refractivity contribution in [2.75, 3.05) is 75.2 Å². The highest BCUT2D eigenvalue weighted by Gasteiger charge is 2.49. The van der Waals surface area contributed by atoms with Crippen molar-refractivity contribution in [1.29, 1.82) is 0 Å². The van der Waals surface area contributed by atoms with Gasteiger partial charge in [-0.15, -0.1) is 0 Å². The third-order valence-electron chi connectivity index (χ3n) is 27.5. The number of anilines is 5. The van der Waals surface area contributed by atoms with E-state index < -0.39 is 5.60 Å². The van der Waals surface area contributed by atoms with Gasteiger partial charge in [-0.1, -0.05) is 179 Å². The van der Waals surface area contributed by atoms with Crippen LogP contribution in [-0.4, -0.2) is 166 Å². The molecule has 0 radical (unpaired) electrons. The molecule has 1 saturated heterocycles. The Hall–Kier alpha value is -14.2. The molecular formula is C105H117N21O7. The molecule has 3 fully saturated rings. The van der Waals surface area contributed by atoms with E-state index in [-0.39, 0.29) is 76.5 Å². The molecule has 2 saturated carbocycles. The van der Waals surface area contributed by atoms with E-state index in [1.807, 2.05) is 36.7 Å². The Morgan fingerprint density at radius 2 is 0.880 bits per heavy atom. The molecule has 0 spiro atoms. The first kappa shape index (κ1) is 92.1. The summed E-state index contributed by atoms with van der Waals surface area (Å²) in [5.41, 5.74) is 46.8. The number of carbonyl (C=O) groups is 2. The monoisotopic (exact) mass is 1780 g/mol. The molecule has 6 aromatic carbocycles. The molecule has 8 aromatic heterocycles. The molecule has 19 rings (SSSR count). The lowest BCUT2D eigenvalue weighted by molar-refractivity contribution is -0.129. The minimum absolute atomic E-state index is 0.0248. The van der Waals surface area contributed by atoms with Gasteiger partial charge < -0.3 is 62.0 Å². The summed E-state index contributed by atoms with van der Waals surface area (Å²) in [6.45, 7) is 24.1. The Labute approximate surface area is 775 Å². The van der Waals surface area contributed by atoms with Crippen LogP contribution in [0.1, 0.15) is 161 Å². The van der Waals surface area contributed by atoms with Gasteiger partial charge >= 0.3 is 0 Å². The van der Waals surface area contributed by atoms with Gasteiger partial charge in [-0.3, -0.25) is 19.0 Å². The number of benzene rings is 6. The maximum Gasteiger partial charge on any atom is 0.253 e. The number of likely N-dealkylation sites (N-methyl/N-ethyl adjacent to an activating group) is 2. The number of β-amino-alcohol motifs (C(OH)–C–C–N with tert-alkyl or cyclic N) is 1. The van der Waals surface area contributed by atoms with Crippen LogP contribution in [0.15, 0.2) is 241 Å². The molecule has 684 valence electrons. The number of rotatable bonds is 26. The van der Waals surface area contributed by atoms with Crippen LogP contribution in [0.2, 0.25) is 0 Å². The predicted molar refractivity (Wildman–Crippen MR) is 519 cm³/mol. The van der Waals surface area contributed by atoms with Gasteiger partial charge in [0.25, 0.3) is 5.91 Å². The maximum atomic E-state index is 12.7. The first-order valence-electron chi connectivity index (χ1n) is 45.3. The van der Waals surface area contributed by atoms with Crippen molar-refractivity contribution in [3.63, 3.8) is 0 Å². The van der Waals surface area contributed by atoms with Gasteiger partial charge in [0.05, 0.1) is 59.8 Å². The zero-order chi connectivity index (χ0) is 94.0. The van der Waals surface area contributed by atoms with Gasteiger partial charge in [-0.2, -0.15) is 10.2 Å². The minimum Gasteiger partial charge on any atom is -0.395 e. The van der Waals surface area contributed by atoms with Crippen LogP contribution in [-0.2, 0) is 52.4 Å². The Balaban J connectivity index is 0.000000129. The summed E-state index contributed by atoms with van der Waals surface area (Å²) < 4.78 is 14.8. The summed E-state index contributed by atoms with van der Waals surface area (Å²) in [7, 11) is 5.17. The van der Waals surface area contributed by atoms with Gasteiger partial charge in [0, 0.05) is 170 Å². The van der Waals surface area contributed by atoms with Crippen LogP contribution in [0.25, 0.3) is 78.3 Å². The zero-order valence-corrected chi connectivity index (χ0v) is 77.7. The topological polar surface area (TPSA) is 399 Å². The highest BCUT2D eigenvalue weighted by molar-refractivity contribution is 5.96. The van der Waals surface area contributed by atoms with E-state index in [9.17, 15) is 19.8 Å². The number of fused-ring (bicyclic) bond motifs is 2. The second-order valence-corrected chi connectivity index (χ2v) is 37.7. The second-order valence-electron chi connectivity index (χ2n) is 37.7. The Morgan fingerprint density at radius 3 is 1.27 bits per heavy atom. The molecule has 28 nitrogen and oxygen atoms in total. The molecule has 4 atom stereocenters. The van der Waals surface area contributed by atoms with E-state index in [4.69, 9.17) is 37.1 Å². The molecule has 0 bridgehead atoms. The molecule has 2 amide bonds. The molecule has 9 heterocycles. The summed E-state index contributed by atoms with van der Waals surface area (Å²) >= 11 is 0. The summed E-state index contributed by atoms with van der Waals surface area (Å²) in [5.74, 6) is 4.09. The predicted octanol–water partition coefficient (Wildman–Crippen LogP) is 16.2. The van der Waals surface area contributed by atoms with Crippen LogP contribution < -0.4 is 27.8 Å². The third-order valence-corrected chi connectivity index (χ3v) is 27.5. The lowest BCUT2D eigenvalue weighted by Gasteiger charge is -2.40. The number of allylic oxidation sites excluding steroid dienone is 4. The fourth-order valence-corrected chi connectivity index (χ4v) is 18.5. The molecule has 5 aliphatic rings. The maximum absolute atomic E-state index is 12.7. The minimum atomic E-state index is -0.842. The molecule has 4 aliphatic carbocycles. The standard InChI is InChI=1S/C28H32N4O2.C27H30N4O.C25H27N7O2.C25H28N6O2/c1-18(2)28(3,23-9-5-19(6-10-23)22-16-30-27(29)31-17-22)25-12-8-20-15-21(7-11-24(20)25)26(34)32(4)13-14-33;1-17(2)27(3,20-9-7-18(8-10-20)19-13-29-26(28)30-14-19)24-12-11-23-22(24)5-4-6-25(23)31-15-21(32)16-31;1-25(20-8-9-20,19-6-4-16(5-7-19)17-11-27-24(26)28-12-17)22-10-21(34-30-22)18-13-29-32(14-18)15-23(33)31(2)3;1-24(2,32)15-31-14-18(13-29-31)21-10-22(30-33-21)25(3,20-8-9-20)19-6-4-16(5-7-19)17-11-27-23(26)28-12-17/h5-7,9-12,15-18,33H,8,13-14H2,1-4H3,(H2,29,30,31);4-10,12-14,17,21,32H,11,15-16H2,1-3H3,(H2,28,29,30);4-7,10-14,20H,8-9,15H2,1-3H3,(H2,26,27,28);4-7,10-14,20,32H,8-9,15H2,1-3H3,(H2,26,27,28). The van der Waals surface area contributed by atoms with Crippen LogP contribution in [0.4, 0.5) is 29.5 Å². The van der Waals surface area contributed by atoms with Crippen molar-refractivity contribution in [3.8, 4) is 67.2 Å². The molecule has 11 N–H and O–H groups in total. The molecule has 28 heteroatoms. The van der Waals surface area contributed by atoms with Crippen molar-refractivity contribution in [1.82, 2.24) is 79.5 Å². The van der Waals surface area contributed by atoms with E-state index in [0.29, 0.717) is 53.8 Å². The van der Waals surface area contributed by atoms with E-state index in [1.165, 1.54) is 61.3 Å². The number of aliphatic hydroxyl groups excluding tert-OH is 2. The number of nitrogens with zero attached hydrogens (tertiary/aromatic N) is 17. The molecule has 14 aromatic rings. The number of carbonyl (C=O) groups excluding carboxylic acids is 2. The first-order chi connectivity index (χ1) is 63.7. The largest absolute Gasteiger partial charge is 0.395 e. The quantitative estimate of drug-likeness (QED) is 0.0265. The van der Waals surface area contributed by atoms with Crippen molar-refractivity contribution < 1.29 is 34.0 Å². The average molecular weight is 1790 g/mol. The number of hydrogen-bond donors (Lipinski definition) is 7. The van der Waals surface area contributed by atoms with Gasteiger partial charge in [-0.25, -0.2) is 39.9 Å². The molecule has 1 aliphatic heterocycles. The second kappa shape index (κ2) is 37.9. The highest BCUT2D eigenvalue weighted by Crippen LogP contribution is 2.55. The van der Waals surface area contributed by atoms with Crippen molar-refractivity contribution in [3.05, 3.63) is 294 Å². The summed E-state index contributed by atoms with van der Waals surface area (Å²) in [6, 6.07) is 50.9. The lowest BCUT2D eigenvalue weighted by atomic mass is 9.66. The number of amides is 2. The zero-order valence-electron chi connectivity index (χ0n) is 77.7. The van der Waals surface area contributed by atoms with Gasteiger partial charge in [0.1, 0.15) is 6.54 Å². The van der Waals surface area contributed by atoms with Gasteiger partial charge in [0.15, 0.2) is 11.5 Å². The number of hydrogen-bond acceptors (Lipinski definition) is 24. The van der Waals surface area contributed by atoms with Crippen molar-refractivity contribution >= 4 is 52.4 Å². The van der Waals surface area contributed by atoms with Crippen molar-refractivity contribution in [2.24, 2.45) is 23.7 Å². The number of nitrogens with two attached hydrogens (primary N) is 4. The number of nitrogen functional groups attached to an aromatic ring is 4. The Morgan fingerprint density at radius 1 is 0.481 bits per heavy atom. The van der Waals surface area contributed by atoms with E-state index in [2.05, 4.69) is 254 Å². The molecule has 133 heavy (non-hydrogen) atoms. The van der Waals surface area contributed by atoms with E-state index in [1.54, 1.807) is 116 Å². The highest BCUT2D eigenvalue weighted by atomic mass is 16.5. The summed E-state index contributed by atoms with van der Waals surface area (Å²) in [6.07, 6.45) is 32.0. The fourth-order valence-electron chi connectivity index (χ4n) is 18.5. The smallest absolute Gasteiger partial charge is 0.253 e. The Bertz CT molecular complexity index is 6510. The Kier molecular flexibility index (Phi) is 26.3. The van der Waals surface area contributed by atoms with Crippen LogP contribution in [0, 0.1) is 23.7 Å². The third kappa shape index (κ3) is 19.5. The number of aliphatic hydroxyl groups is 3. The van der Waals surface area contributed by atoms with Crippen LogP contribution in [0.5, 0.6) is 0 Å². The fraction of sp³-hybridized carbons (Fsp3) is 0.333. The first-order valence-corrected chi connectivity index (χ1v) is 45.3. The van der Waals surface area contributed by atoms with Crippen molar-refractivity contribution in [2.45, 2.75) is 154 Å². The van der Waals surface area contributed by atoms with Crippen LogP contribution >= 0.6 is 0 Å². The SMILES string of the molecule is CC(C)(O)Cn1cc(-c2cc(C(C)(c3ccc(-c4cnc(N)nc4)cc3)C3CC3)no2)cn1.CC(C)C(C)(C1=CCc2c1cccc2N1CC(O)C1)c1ccc(-c2cnc(N)nc2)cc1.CC(C)C(C)(C1=CCc2cc(C(=O)N(C)CCO)ccc21)c1ccc(-c2cnc(N)nc2)cc1.CN(C)C(=O)Cn1cc(-c2cc(C(C)(c3ccc(-c4cnc(N)nc4)cc3)C3CC3)no2)cn1. The normalized spacial score (nSPS) is 15.8. The molecule has 4 unspecified atom stereocenters. The number of aromatic nitrogens is 14. The molecular weight excluding hydrogens is 1670 g/mol. The summed E-state index contributed by atoms with van der Waals surface area (Å²) in [5, 5.41) is 46.6. The summed E-state index contributed by atoms with van der Waals surface area (Å²) in [4.78, 5) is 62.8.